The number of nitrogens with two attached hydrogens (primary N) is 1. The summed E-state index contributed by atoms with van der Waals surface area (Å²) in [6.07, 6.45) is 0.857. The molecule has 3 rings (SSSR count). The largest absolute Gasteiger partial charge is 0.490 e. The maximum atomic E-state index is 11.8. The third kappa shape index (κ3) is 3.63. The number of primary amides is 1. The molecular weight excluding hydrogens is 292 g/mol. The molecule has 1 atom stereocenters. The lowest BCUT2D eigenvalue weighted by atomic mass is 10.1. The fourth-order valence-electron chi connectivity index (χ4n) is 2.63. The van der Waals surface area contributed by atoms with Crippen LogP contribution in [-0.2, 0) is 11.3 Å². The number of carbonyl (C=O) groups is 1. The Labute approximate surface area is 135 Å². The van der Waals surface area contributed by atoms with Crippen LogP contribution in [0.1, 0.15) is 23.6 Å². The Morgan fingerprint density at radius 1 is 1.09 bits per heavy atom. The molecule has 23 heavy (non-hydrogen) atoms. The maximum Gasteiger partial charge on any atom is 0.239 e. The van der Waals surface area contributed by atoms with Crippen LogP contribution in [0.2, 0.25) is 0 Å². The van der Waals surface area contributed by atoms with Crippen LogP contribution in [0.15, 0.2) is 48.5 Å². The van der Waals surface area contributed by atoms with Gasteiger partial charge in [-0.15, -0.1) is 0 Å². The number of nitrogens with one attached hydrogen (secondary N) is 1. The van der Waals surface area contributed by atoms with E-state index in [1.54, 1.807) is 0 Å². The van der Waals surface area contributed by atoms with Crippen molar-refractivity contribution in [2.24, 2.45) is 5.73 Å². The molecule has 0 unspecified atom stereocenters. The van der Waals surface area contributed by atoms with Crippen molar-refractivity contribution in [3.8, 4) is 11.5 Å². The van der Waals surface area contributed by atoms with Crippen LogP contribution in [0.5, 0.6) is 11.5 Å². The molecule has 3 N–H and O–H groups in total. The highest BCUT2D eigenvalue weighted by atomic mass is 16.5. The van der Waals surface area contributed by atoms with E-state index in [2.05, 4.69) is 5.32 Å². The minimum Gasteiger partial charge on any atom is -0.490 e. The summed E-state index contributed by atoms with van der Waals surface area (Å²) >= 11 is 0. The van der Waals surface area contributed by atoms with Gasteiger partial charge in [-0.25, -0.2) is 0 Å². The SMILES string of the molecule is NC(=O)[C@H](NCc1cccc2c1OCCCO2)c1ccccc1. The van der Waals surface area contributed by atoms with E-state index in [4.69, 9.17) is 15.2 Å². The minimum atomic E-state index is -0.543. The van der Waals surface area contributed by atoms with Gasteiger partial charge < -0.3 is 15.2 Å². The molecule has 2 aromatic rings. The number of hydrogen-bond acceptors (Lipinski definition) is 4. The summed E-state index contributed by atoms with van der Waals surface area (Å²) in [5.41, 5.74) is 7.34. The molecule has 1 amide bonds. The first-order valence-corrected chi connectivity index (χ1v) is 7.71. The summed E-state index contributed by atoms with van der Waals surface area (Å²) < 4.78 is 11.5. The van der Waals surface area contributed by atoms with Gasteiger partial charge in [-0.2, -0.15) is 0 Å². The van der Waals surface area contributed by atoms with Crippen molar-refractivity contribution in [3.05, 3.63) is 59.7 Å². The van der Waals surface area contributed by atoms with Gasteiger partial charge >= 0.3 is 0 Å². The monoisotopic (exact) mass is 312 g/mol. The van der Waals surface area contributed by atoms with Crippen molar-refractivity contribution in [2.45, 2.75) is 19.0 Å². The molecule has 0 saturated heterocycles. The third-order valence-corrected chi connectivity index (χ3v) is 3.77. The van der Waals surface area contributed by atoms with Crippen LogP contribution in [0, 0.1) is 0 Å². The summed E-state index contributed by atoms with van der Waals surface area (Å²) in [5.74, 6) is 1.08. The molecule has 0 aliphatic carbocycles. The molecule has 1 aliphatic heterocycles. The number of hydrogen-bond donors (Lipinski definition) is 2. The zero-order valence-electron chi connectivity index (χ0n) is 12.8. The summed E-state index contributed by atoms with van der Waals surface area (Å²) in [4.78, 5) is 11.8. The van der Waals surface area contributed by atoms with Crippen molar-refractivity contribution in [1.82, 2.24) is 5.32 Å². The van der Waals surface area contributed by atoms with E-state index in [0.29, 0.717) is 19.8 Å². The Hall–Kier alpha value is -2.53. The lowest BCUT2D eigenvalue weighted by Crippen LogP contribution is -2.33. The summed E-state index contributed by atoms with van der Waals surface area (Å²) in [6, 6.07) is 14.7. The van der Waals surface area contributed by atoms with Crippen molar-refractivity contribution >= 4 is 5.91 Å². The van der Waals surface area contributed by atoms with Gasteiger partial charge in [-0.3, -0.25) is 10.1 Å². The normalized spacial score (nSPS) is 14.8. The van der Waals surface area contributed by atoms with Gasteiger partial charge in [0.2, 0.25) is 5.91 Å². The lowest BCUT2D eigenvalue weighted by molar-refractivity contribution is -0.120. The summed E-state index contributed by atoms with van der Waals surface area (Å²) in [6.45, 7) is 1.74. The second-order valence-electron chi connectivity index (χ2n) is 5.42. The van der Waals surface area contributed by atoms with E-state index in [1.165, 1.54) is 0 Å². The van der Waals surface area contributed by atoms with Gasteiger partial charge in [0.1, 0.15) is 6.04 Å². The number of carbonyl (C=O) groups excluding carboxylic acids is 1. The van der Waals surface area contributed by atoms with E-state index >= 15 is 0 Å². The maximum absolute atomic E-state index is 11.8. The number of benzene rings is 2. The molecule has 5 heteroatoms. The van der Waals surface area contributed by atoms with E-state index in [1.807, 2.05) is 48.5 Å². The van der Waals surface area contributed by atoms with Gasteiger partial charge in [0, 0.05) is 18.5 Å². The summed E-state index contributed by atoms with van der Waals surface area (Å²) in [5, 5.41) is 3.21. The topological polar surface area (TPSA) is 73.6 Å². The third-order valence-electron chi connectivity index (χ3n) is 3.77. The highest BCUT2D eigenvalue weighted by Gasteiger charge is 2.19. The van der Waals surface area contributed by atoms with Crippen molar-refractivity contribution in [2.75, 3.05) is 13.2 Å². The summed E-state index contributed by atoms with van der Waals surface area (Å²) in [7, 11) is 0. The van der Waals surface area contributed by atoms with Crippen LogP contribution in [0.4, 0.5) is 0 Å². The Morgan fingerprint density at radius 3 is 2.65 bits per heavy atom. The number of para-hydroxylation sites is 1. The molecule has 0 spiro atoms. The fourth-order valence-corrected chi connectivity index (χ4v) is 2.63. The lowest BCUT2D eigenvalue weighted by Gasteiger charge is -2.18. The number of fused-ring (bicyclic) bond motifs is 1. The molecule has 2 aromatic carbocycles. The van der Waals surface area contributed by atoms with Crippen molar-refractivity contribution in [3.63, 3.8) is 0 Å². The molecule has 1 heterocycles. The second-order valence-corrected chi connectivity index (χ2v) is 5.42. The number of rotatable bonds is 5. The molecule has 0 radical (unpaired) electrons. The van der Waals surface area contributed by atoms with Crippen LogP contribution in [0.3, 0.4) is 0 Å². The van der Waals surface area contributed by atoms with Crippen LogP contribution < -0.4 is 20.5 Å². The van der Waals surface area contributed by atoms with Gasteiger partial charge in [0.15, 0.2) is 11.5 Å². The highest BCUT2D eigenvalue weighted by molar-refractivity contribution is 5.81. The molecule has 0 aromatic heterocycles. The number of amides is 1. The zero-order chi connectivity index (χ0) is 16.1. The minimum absolute atomic E-state index is 0.407. The smallest absolute Gasteiger partial charge is 0.239 e. The van der Waals surface area contributed by atoms with Crippen molar-refractivity contribution < 1.29 is 14.3 Å². The van der Waals surface area contributed by atoms with Crippen molar-refractivity contribution in [1.29, 1.82) is 0 Å². The van der Waals surface area contributed by atoms with Gasteiger partial charge in [-0.1, -0.05) is 42.5 Å². The quantitative estimate of drug-likeness (QED) is 0.887. The number of ether oxygens (including phenoxy) is 2. The molecule has 5 nitrogen and oxygen atoms in total. The average Bonchev–Trinajstić information content (AvgIpc) is 2.81. The van der Waals surface area contributed by atoms with Gasteiger partial charge in [0.05, 0.1) is 13.2 Å². The van der Waals surface area contributed by atoms with Crippen LogP contribution in [0.25, 0.3) is 0 Å². The van der Waals surface area contributed by atoms with E-state index in [9.17, 15) is 4.79 Å². The van der Waals surface area contributed by atoms with E-state index in [-0.39, 0.29) is 0 Å². The molecule has 0 bridgehead atoms. The Morgan fingerprint density at radius 2 is 1.87 bits per heavy atom. The average molecular weight is 312 g/mol. The predicted octanol–water partition coefficient (Wildman–Crippen LogP) is 2.16. The Kier molecular flexibility index (Phi) is 4.78. The molecular formula is C18H20N2O3. The molecule has 0 saturated carbocycles. The molecule has 0 fully saturated rings. The molecule has 1 aliphatic rings. The van der Waals surface area contributed by atoms with Gasteiger partial charge in [0.25, 0.3) is 0 Å². The predicted molar refractivity (Wildman–Crippen MR) is 87.3 cm³/mol. The second kappa shape index (κ2) is 7.15. The Bertz CT molecular complexity index is 673. The van der Waals surface area contributed by atoms with Gasteiger partial charge in [-0.05, 0) is 11.6 Å². The first kappa shape index (κ1) is 15.4. The standard InChI is InChI=1S/C18H20N2O3/c19-18(21)16(13-6-2-1-3-7-13)20-12-14-8-4-9-15-17(14)23-11-5-10-22-15/h1-4,6-9,16,20H,5,10-12H2,(H2,19,21)/t16-/m1/s1. The van der Waals surface area contributed by atoms with E-state index in [0.717, 1.165) is 29.0 Å². The Balaban J connectivity index is 1.78. The highest BCUT2D eigenvalue weighted by Crippen LogP contribution is 2.33. The first-order chi connectivity index (χ1) is 11.3. The van der Waals surface area contributed by atoms with Crippen LogP contribution in [-0.4, -0.2) is 19.1 Å². The van der Waals surface area contributed by atoms with Crippen LogP contribution >= 0.6 is 0 Å². The molecule has 120 valence electrons. The fraction of sp³-hybridized carbons (Fsp3) is 0.278. The first-order valence-electron chi connectivity index (χ1n) is 7.71. The zero-order valence-corrected chi connectivity index (χ0v) is 12.8. The van der Waals surface area contributed by atoms with E-state index < -0.39 is 11.9 Å².